The van der Waals surface area contributed by atoms with Gasteiger partial charge in [-0.25, -0.2) is 9.78 Å². The van der Waals surface area contributed by atoms with Crippen LogP contribution >= 0.6 is 0 Å². The number of aromatic carboxylic acids is 1. The van der Waals surface area contributed by atoms with E-state index in [1.165, 1.54) is 6.20 Å². The first-order valence-corrected chi connectivity index (χ1v) is 5.72. The lowest BCUT2D eigenvalue weighted by Gasteiger charge is -2.19. The van der Waals surface area contributed by atoms with Crippen LogP contribution in [-0.2, 0) is 0 Å². The molecule has 0 aromatic carbocycles. The summed E-state index contributed by atoms with van der Waals surface area (Å²) in [5.74, 6) is -0.0148. The standard InChI is InChI=1S/C12H13N3O2/c16-12(17)9-8-13-10-4-3-5-11(15(9)10)14-6-1-2-7-14/h3-5,8H,1-2,6-7H2,(H,16,17). The van der Waals surface area contributed by atoms with Crippen LogP contribution in [0.2, 0.25) is 0 Å². The molecule has 0 saturated carbocycles. The molecule has 0 bridgehead atoms. The number of fused-ring (bicyclic) bond motifs is 1. The molecule has 0 atom stereocenters. The van der Waals surface area contributed by atoms with Gasteiger partial charge in [-0.05, 0) is 25.0 Å². The fraction of sp³-hybridized carbons (Fsp3) is 0.333. The number of nitrogens with zero attached hydrogens (tertiary/aromatic N) is 3. The third kappa shape index (κ3) is 1.54. The van der Waals surface area contributed by atoms with Crippen LogP contribution in [0.4, 0.5) is 5.82 Å². The van der Waals surface area contributed by atoms with Crippen LogP contribution in [0, 0.1) is 0 Å². The lowest BCUT2D eigenvalue weighted by molar-refractivity contribution is 0.0689. The molecule has 1 aliphatic rings. The maximum Gasteiger partial charge on any atom is 0.354 e. The van der Waals surface area contributed by atoms with Crippen molar-refractivity contribution in [2.24, 2.45) is 0 Å². The molecule has 0 aliphatic carbocycles. The van der Waals surface area contributed by atoms with E-state index in [-0.39, 0.29) is 5.69 Å². The molecule has 5 heteroatoms. The van der Waals surface area contributed by atoms with Crippen LogP contribution in [0.25, 0.3) is 5.65 Å². The van der Waals surface area contributed by atoms with Crippen molar-refractivity contribution in [2.75, 3.05) is 18.0 Å². The zero-order valence-electron chi connectivity index (χ0n) is 9.33. The zero-order chi connectivity index (χ0) is 11.8. The molecule has 17 heavy (non-hydrogen) atoms. The molecule has 0 amide bonds. The van der Waals surface area contributed by atoms with E-state index in [2.05, 4.69) is 9.88 Å². The molecule has 3 heterocycles. The first kappa shape index (κ1) is 10.1. The van der Waals surface area contributed by atoms with Crippen LogP contribution < -0.4 is 4.90 Å². The highest BCUT2D eigenvalue weighted by atomic mass is 16.4. The summed E-state index contributed by atoms with van der Waals surface area (Å²) in [6.07, 6.45) is 3.73. The summed E-state index contributed by atoms with van der Waals surface area (Å²) < 4.78 is 1.72. The van der Waals surface area contributed by atoms with Crippen molar-refractivity contribution in [2.45, 2.75) is 12.8 Å². The Bertz CT molecular complexity index is 570. The second-order valence-corrected chi connectivity index (χ2v) is 4.22. The predicted molar refractivity (Wildman–Crippen MR) is 63.6 cm³/mol. The van der Waals surface area contributed by atoms with Gasteiger partial charge in [0.2, 0.25) is 0 Å². The Morgan fingerprint density at radius 2 is 2.06 bits per heavy atom. The van der Waals surface area contributed by atoms with Crippen molar-refractivity contribution in [3.8, 4) is 0 Å². The molecule has 2 aromatic rings. The van der Waals surface area contributed by atoms with Crippen molar-refractivity contribution < 1.29 is 9.90 Å². The number of rotatable bonds is 2. The molecule has 0 radical (unpaired) electrons. The van der Waals surface area contributed by atoms with Gasteiger partial charge < -0.3 is 10.0 Å². The van der Waals surface area contributed by atoms with E-state index in [9.17, 15) is 4.79 Å². The number of carboxylic acids is 1. The second-order valence-electron chi connectivity index (χ2n) is 4.22. The van der Waals surface area contributed by atoms with Crippen LogP contribution in [0.5, 0.6) is 0 Å². The van der Waals surface area contributed by atoms with Crippen molar-refractivity contribution in [1.29, 1.82) is 0 Å². The van der Waals surface area contributed by atoms with Gasteiger partial charge in [-0.3, -0.25) is 4.40 Å². The van der Waals surface area contributed by atoms with Crippen LogP contribution in [0.3, 0.4) is 0 Å². The fourth-order valence-corrected chi connectivity index (χ4v) is 2.36. The zero-order valence-corrected chi connectivity index (χ0v) is 9.33. The topological polar surface area (TPSA) is 57.8 Å². The van der Waals surface area contributed by atoms with Gasteiger partial charge in [-0.2, -0.15) is 0 Å². The van der Waals surface area contributed by atoms with Crippen molar-refractivity contribution in [3.05, 3.63) is 30.1 Å². The lowest BCUT2D eigenvalue weighted by atomic mass is 10.4. The van der Waals surface area contributed by atoms with Gasteiger partial charge in [0.25, 0.3) is 0 Å². The van der Waals surface area contributed by atoms with Gasteiger partial charge in [0.1, 0.15) is 11.5 Å². The summed E-state index contributed by atoms with van der Waals surface area (Å²) in [6, 6.07) is 5.69. The molecular formula is C12H13N3O2. The van der Waals surface area contributed by atoms with Crippen LogP contribution in [-0.4, -0.2) is 33.6 Å². The summed E-state index contributed by atoms with van der Waals surface area (Å²) in [7, 11) is 0. The number of pyridine rings is 1. The van der Waals surface area contributed by atoms with E-state index >= 15 is 0 Å². The Kier molecular flexibility index (Phi) is 2.24. The number of anilines is 1. The highest BCUT2D eigenvalue weighted by Crippen LogP contribution is 2.22. The van der Waals surface area contributed by atoms with Gasteiger partial charge >= 0.3 is 5.97 Å². The minimum absolute atomic E-state index is 0.225. The number of hydrogen-bond acceptors (Lipinski definition) is 3. The molecule has 1 N–H and O–H groups in total. The monoisotopic (exact) mass is 231 g/mol. The molecule has 1 saturated heterocycles. The maximum absolute atomic E-state index is 11.2. The summed E-state index contributed by atoms with van der Waals surface area (Å²) >= 11 is 0. The Labute approximate surface area is 98.3 Å². The van der Waals surface area contributed by atoms with E-state index in [1.807, 2.05) is 18.2 Å². The van der Waals surface area contributed by atoms with E-state index in [1.54, 1.807) is 4.40 Å². The molecule has 1 aliphatic heterocycles. The van der Waals surface area contributed by atoms with E-state index in [4.69, 9.17) is 5.11 Å². The average molecular weight is 231 g/mol. The third-order valence-electron chi connectivity index (χ3n) is 3.16. The largest absolute Gasteiger partial charge is 0.477 e. The SMILES string of the molecule is O=C(O)c1cnc2cccc(N3CCCC3)n12. The van der Waals surface area contributed by atoms with Crippen molar-refractivity contribution >= 4 is 17.4 Å². The van der Waals surface area contributed by atoms with Crippen LogP contribution in [0.1, 0.15) is 23.3 Å². The predicted octanol–water partition coefficient (Wildman–Crippen LogP) is 1.63. The molecule has 2 aromatic heterocycles. The van der Waals surface area contributed by atoms with E-state index < -0.39 is 5.97 Å². The van der Waals surface area contributed by atoms with Crippen molar-refractivity contribution in [1.82, 2.24) is 9.38 Å². The first-order valence-electron chi connectivity index (χ1n) is 5.72. The summed E-state index contributed by atoms with van der Waals surface area (Å²) in [5.41, 5.74) is 0.911. The van der Waals surface area contributed by atoms with Crippen molar-refractivity contribution in [3.63, 3.8) is 0 Å². The minimum atomic E-state index is -0.941. The van der Waals surface area contributed by atoms with E-state index in [0.717, 1.165) is 31.7 Å². The molecule has 1 fully saturated rings. The lowest BCUT2D eigenvalue weighted by Crippen LogP contribution is -2.21. The first-order chi connectivity index (χ1) is 8.27. The number of carbonyl (C=O) groups is 1. The third-order valence-corrected chi connectivity index (χ3v) is 3.16. The molecule has 0 spiro atoms. The Hall–Kier alpha value is -2.04. The summed E-state index contributed by atoms with van der Waals surface area (Å²) in [5, 5.41) is 9.16. The fourth-order valence-electron chi connectivity index (χ4n) is 2.36. The normalized spacial score (nSPS) is 15.6. The van der Waals surface area contributed by atoms with Gasteiger partial charge in [0.05, 0.1) is 6.20 Å². The summed E-state index contributed by atoms with van der Waals surface area (Å²) in [6.45, 7) is 1.96. The Balaban J connectivity index is 2.22. The summed E-state index contributed by atoms with van der Waals surface area (Å²) in [4.78, 5) is 17.5. The molecule has 5 nitrogen and oxygen atoms in total. The molecule has 88 valence electrons. The molecule has 3 rings (SSSR count). The number of imidazole rings is 1. The smallest absolute Gasteiger partial charge is 0.354 e. The van der Waals surface area contributed by atoms with Gasteiger partial charge in [0, 0.05) is 13.1 Å². The van der Waals surface area contributed by atoms with Crippen LogP contribution in [0.15, 0.2) is 24.4 Å². The minimum Gasteiger partial charge on any atom is -0.477 e. The van der Waals surface area contributed by atoms with Gasteiger partial charge in [-0.15, -0.1) is 0 Å². The van der Waals surface area contributed by atoms with Gasteiger partial charge in [-0.1, -0.05) is 6.07 Å². The Morgan fingerprint density at radius 1 is 1.29 bits per heavy atom. The maximum atomic E-state index is 11.2. The highest BCUT2D eigenvalue weighted by molar-refractivity contribution is 5.87. The quantitative estimate of drug-likeness (QED) is 0.853. The number of hydrogen-bond donors (Lipinski definition) is 1. The number of aromatic nitrogens is 2. The van der Waals surface area contributed by atoms with E-state index in [0.29, 0.717) is 5.65 Å². The Morgan fingerprint density at radius 3 is 2.76 bits per heavy atom. The second kappa shape index (κ2) is 3.76. The number of carboxylic acid groups (broad SMARTS) is 1. The molecular weight excluding hydrogens is 218 g/mol. The highest BCUT2D eigenvalue weighted by Gasteiger charge is 2.19. The average Bonchev–Trinajstić information content (AvgIpc) is 2.97. The molecule has 0 unspecified atom stereocenters. The van der Waals surface area contributed by atoms with Gasteiger partial charge in [0.15, 0.2) is 5.69 Å².